The van der Waals surface area contributed by atoms with Crippen molar-refractivity contribution in [3.63, 3.8) is 0 Å². The Morgan fingerprint density at radius 1 is 1.33 bits per heavy atom. The Morgan fingerprint density at radius 2 is 2.06 bits per heavy atom. The molecule has 1 heterocycles. The molecule has 3 heteroatoms. The molecule has 98 valence electrons. The molecule has 0 saturated carbocycles. The van der Waals surface area contributed by atoms with Crippen molar-refractivity contribution >= 4 is 26.9 Å². The van der Waals surface area contributed by atoms with E-state index in [4.69, 9.17) is 4.42 Å². The Morgan fingerprint density at radius 3 is 2.67 bits per heavy atom. The van der Waals surface area contributed by atoms with Crippen LogP contribution in [0.15, 0.2) is 21.0 Å². The highest BCUT2D eigenvalue weighted by molar-refractivity contribution is 9.10. The van der Waals surface area contributed by atoms with E-state index in [0.29, 0.717) is 6.04 Å². The van der Waals surface area contributed by atoms with Crippen LogP contribution in [0.4, 0.5) is 0 Å². The number of aryl methyl sites for hydroxylation is 2. The molecule has 0 amide bonds. The molecule has 1 aromatic heterocycles. The normalized spacial score (nSPS) is 11.7. The van der Waals surface area contributed by atoms with Gasteiger partial charge in [0.2, 0.25) is 0 Å². The van der Waals surface area contributed by atoms with Gasteiger partial charge in [0.25, 0.3) is 0 Å². The molecule has 2 aromatic rings. The summed E-state index contributed by atoms with van der Waals surface area (Å²) in [6.07, 6.45) is 0.998. The van der Waals surface area contributed by atoms with Crippen LogP contribution in [-0.4, -0.2) is 6.04 Å². The first-order valence-electron chi connectivity index (χ1n) is 6.46. The van der Waals surface area contributed by atoms with Gasteiger partial charge >= 0.3 is 0 Å². The number of fused-ring (bicyclic) bond motifs is 1. The lowest BCUT2D eigenvalue weighted by atomic mass is 10.1. The van der Waals surface area contributed by atoms with Crippen LogP contribution >= 0.6 is 15.9 Å². The summed E-state index contributed by atoms with van der Waals surface area (Å²) in [7, 11) is 0. The van der Waals surface area contributed by atoms with E-state index in [1.165, 1.54) is 16.5 Å². The first-order valence-corrected chi connectivity index (χ1v) is 7.26. The smallest absolute Gasteiger partial charge is 0.137 e. The van der Waals surface area contributed by atoms with Gasteiger partial charge in [-0.25, -0.2) is 0 Å². The largest absolute Gasteiger partial charge is 0.459 e. The molecule has 0 aliphatic heterocycles. The highest BCUT2D eigenvalue weighted by atomic mass is 79.9. The van der Waals surface area contributed by atoms with Crippen LogP contribution in [-0.2, 0) is 13.0 Å². The van der Waals surface area contributed by atoms with Crippen molar-refractivity contribution in [1.82, 2.24) is 5.32 Å². The van der Waals surface area contributed by atoms with Gasteiger partial charge in [0.1, 0.15) is 11.3 Å². The van der Waals surface area contributed by atoms with Crippen molar-refractivity contribution in [2.45, 2.75) is 46.7 Å². The van der Waals surface area contributed by atoms with Crippen LogP contribution in [0.2, 0.25) is 0 Å². The van der Waals surface area contributed by atoms with Crippen LogP contribution in [0.1, 0.15) is 37.7 Å². The fourth-order valence-corrected chi connectivity index (χ4v) is 2.82. The molecule has 0 bridgehead atoms. The maximum Gasteiger partial charge on any atom is 0.137 e. The average Bonchev–Trinajstić information content (AvgIpc) is 2.64. The Balaban J connectivity index is 2.50. The molecule has 0 aliphatic rings. The van der Waals surface area contributed by atoms with Crippen molar-refractivity contribution in [2.75, 3.05) is 0 Å². The summed E-state index contributed by atoms with van der Waals surface area (Å²) in [6, 6.07) is 4.73. The van der Waals surface area contributed by atoms with Crippen LogP contribution in [0.25, 0.3) is 11.0 Å². The minimum Gasteiger partial charge on any atom is -0.459 e. The lowest BCUT2D eigenvalue weighted by Crippen LogP contribution is -2.22. The van der Waals surface area contributed by atoms with Gasteiger partial charge in [-0.3, -0.25) is 0 Å². The number of hydrogen-bond donors (Lipinski definition) is 1. The van der Waals surface area contributed by atoms with Crippen molar-refractivity contribution in [2.24, 2.45) is 0 Å². The van der Waals surface area contributed by atoms with E-state index >= 15 is 0 Å². The molecule has 0 spiro atoms. The van der Waals surface area contributed by atoms with E-state index in [0.717, 1.165) is 28.8 Å². The number of furan rings is 1. The average molecular weight is 310 g/mol. The van der Waals surface area contributed by atoms with Crippen LogP contribution in [0.5, 0.6) is 0 Å². The molecule has 18 heavy (non-hydrogen) atoms. The van der Waals surface area contributed by atoms with Crippen molar-refractivity contribution < 1.29 is 4.42 Å². The number of halogens is 1. The third-order valence-electron chi connectivity index (χ3n) is 3.15. The Hall–Kier alpha value is -0.800. The molecule has 0 unspecified atom stereocenters. The molecule has 0 aliphatic carbocycles. The molecule has 0 fully saturated rings. The zero-order valence-corrected chi connectivity index (χ0v) is 13.0. The van der Waals surface area contributed by atoms with Crippen LogP contribution in [0.3, 0.4) is 0 Å². The predicted molar refractivity (Wildman–Crippen MR) is 80.0 cm³/mol. The summed E-state index contributed by atoms with van der Waals surface area (Å²) in [5.74, 6) is 1.07. The van der Waals surface area contributed by atoms with Gasteiger partial charge in [0.05, 0.1) is 6.54 Å². The Bertz CT molecular complexity index is 557. The minimum atomic E-state index is 0.468. The molecule has 2 rings (SSSR count). The second kappa shape index (κ2) is 5.45. The van der Waals surface area contributed by atoms with E-state index in [2.05, 4.69) is 61.1 Å². The predicted octanol–water partition coefficient (Wildman–Crippen LogP) is 4.56. The maximum atomic E-state index is 6.04. The number of nitrogens with one attached hydrogen (secondary N) is 1. The van der Waals surface area contributed by atoms with Crippen molar-refractivity contribution in [1.29, 1.82) is 0 Å². The monoisotopic (exact) mass is 309 g/mol. The summed E-state index contributed by atoms with van der Waals surface area (Å²) in [5.41, 5.74) is 3.53. The quantitative estimate of drug-likeness (QED) is 0.895. The van der Waals surface area contributed by atoms with E-state index in [1.807, 2.05) is 0 Å². The zero-order valence-electron chi connectivity index (χ0n) is 11.4. The number of hydrogen-bond acceptors (Lipinski definition) is 2. The SMILES string of the molecule is CCc1c(CNC(C)C)oc2c(C)cc(Br)cc12. The summed E-state index contributed by atoms with van der Waals surface area (Å²) < 4.78 is 7.16. The first kappa shape index (κ1) is 13.6. The van der Waals surface area contributed by atoms with Gasteiger partial charge in [-0.2, -0.15) is 0 Å². The summed E-state index contributed by atoms with van der Waals surface area (Å²) in [5, 5.41) is 4.67. The molecule has 0 saturated heterocycles. The zero-order chi connectivity index (χ0) is 13.3. The van der Waals surface area contributed by atoms with E-state index in [1.54, 1.807) is 0 Å². The van der Waals surface area contributed by atoms with Crippen molar-refractivity contribution in [3.05, 3.63) is 33.5 Å². The number of benzene rings is 1. The van der Waals surface area contributed by atoms with Crippen molar-refractivity contribution in [3.8, 4) is 0 Å². The third-order valence-corrected chi connectivity index (χ3v) is 3.61. The Labute approximate surface area is 117 Å². The van der Waals surface area contributed by atoms with Gasteiger partial charge in [-0.15, -0.1) is 0 Å². The van der Waals surface area contributed by atoms with Gasteiger partial charge in [-0.05, 0) is 31.0 Å². The first-order chi connectivity index (χ1) is 8.52. The molecule has 1 N–H and O–H groups in total. The fourth-order valence-electron chi connectivity index (χ4n) is 2.25. The van der Waals surface area contributed by atoms with Gasteiger partial charge in [-0.1, -0.05) is 36.7 Å². The van der Waals surface area contributed by atoms with E-state index in [-0.39, 0.29) is 0 Å². The molecule has 1 aromatic carbocycles. The third kappa shape index (κ3) is 2.62. The fraction of sp³-hybridized carbons (Fsp3) is 0.467. The van der Waals surface area contributed by atoms with E-state index < -0.39 is 0 Å². The Kier molecular flexibility index (Phi) is 4.13. The molecular formula is C15H20BrNO. The summed E-state index contributed by atoms with van der Waals surface area (Å²) in [6.45, 7) is 9.37. The lowest BCUT2D eigenvalue weighted by Gasteiger charge is -2.06. The van der Waals surface area contributed by atoms with Crippen LogP contribution in [0, 0.1) is 6.92 Å². The molecule has 0 radical (unpaired) electrons. The second-order valence-electron chi connectivity index (χ2n) is 4.99. The standard InChI is InChI=1S/C15H20BrNO/c1-5-12-13-7-11(16)6-10(4)15(13)18-14(12)8-17-9(2)3/h6-7,9,17H,5,8H2,1-4H3. The van der Waals surface area contributed by atoms with Gasteiger partial charge in [0, 0.05) is 21.5 Å². The molecular weight excluding hydrogens is 290 g/mol. The summed E-state index contributed by atoms with van der Waals surface area (Å²) in [4.78, 5) is 0. The van der Waals surface area contributed by atoms with E-state index in [9.17, 15) is 0 Å². The highest BCUT2D eigenvalue weighted by Crippen LogP contribution is 2.31. The maximum absolute atomic E-state index is 6.04. The minimum absolute atomic E-state index is 0.468. The number of rotatable bonds is 4. The lowest BCUT2D eigenvalue weighted by molar-refractivity contribution is 0.483. The van der Waals surface area contributed by atoms with Gasteiger partial charge < -0.3 is 9.73 Å². The summed E-state index contributed by atoms with van der Waals surface area (Å²) >= 11 is 3.56. The highest BCUT2D eigenvalue weighted by Gasteiger charge is 2.14. The topological polar surface area (TPSA) is 25.2 Å². The van der Waals surface area contributed by atoms with Crippen LogP contribution < -0.4 is 5.32 Å². The van der Waals surface area contributed by atoms with Gasteiger partial charge in [0.15, 0.2) is 0 Å². The molecule has 0 atom stereocenters. The molecule has 2 nitrogen and oxygen atoms in total. The second-order valence-corrected chi connectivity index (χ2v) is 5.91.